The molecule has 3 saturated heterocycles. The molecule has 1 aromatic heterocycles. The van der Waals surface area contributed by atoms with E-state index in [1.165, 1.54) is 43.5 Å². The lowest BCUT2D eigenvalue weighted by molar-refractivity contribution is 0.0345. The maximum Gasteiger partial charge on any atom is 0.232 e. The highest BCUT2D eigenvalue weighted by Crippen LogP contribution is 2.33. The maximum atomic E-state index is 9.38. The first kappa shape index (κ1) is 21.7. The van der Waals surface area contributed by atoms with Crippen molar-refractivity contribution in [1.29, 1.82) is 5.26 Å². The summed E-state index contributed by atoms with van der Waals surface area (Å²) in [6, 6.07) is 11.1. The number of aromatic nitrogens is 2. The fourth-order valence-electron chi connectivity index (χ4n) is 4.69. The second kappa shape index (κ2) is 9.21. The van der Waals surface area contributed by atoms with Gasteiger partial charge in [0.05, 0.1) is 5.69 Å². The minimum absolute atomic E-state index is 0. The summed E-state index contributed by atoms with van der Waals surface area (Å²) in [5.74, 6) is 1.10. The molecule has 0 saturated carbocycles. The molecule has 1 unspecified atom stereocenters. The largest absolute Gasteiger partial charge is 0.326 e. The lowest BCUT2D eigenvalue weighted by atomic mass is 9.80. The number of hydrogen-bond donors (Lipinski definition) is 1. The zero-order valence-electron chi connectivity index (χ0n) is 17.3. The highest BCUT2D eigenvalue weighted by atomic mass is 35.5. The van der Waals surface area contributed by atoms with Gasteiger partial charge < -0.3 is 5.73 Å². The van der Waals surface area contributed by atoms with Crippen molar-refractivity contribution in [2.24, 2.45) is 11.7 Å². The lowest BCUT2D eigenvalue weighted by Crippen LogP contribution is -2.56. The van der Waals surface area contributed by atoms with Crippen LogP contribution in [0.2, 0.25) is 0 Å². The molecule has 0 amide bonds. The topological polar surface area (TPSA) is 78.8 Å². The first-order chi connectivity index (χ1) is 13.5. The van der Waals surface area contributed by atoms with Gasteiger partial charge in [-0.1, -0.05) is 12.1 Å². The summed E-state index contributed by atoms with van der Waals surface area (Å²) in [5, 5.41) is 9.38. The Morgan fingerprint density at radius 3 is 2.55 bits per heavy atom. The molecule has 5 rings (SSSR count). The molecule has 1 aromatic carbocycles. The van der Waals surface area contributed by atoms with E-state index in [4.69, 9.17) is 5.73 Å². The lowest BCUT2D eigenvalue weighted by Gasteiger charge is -2.47. The predicted octanol–water partition coefficient (Wildman–Crippen LogP) is 3.80. The molecular formula is C23H30ClN5. The Labute approximate surface area is 179 Å². The molecule has 154 valence electrons. The van der Waals surface area contributed by atoms with Gasteiger partial charge in [-0.25, -0.2) is 9.97 Å². The number of fused-ring (bicyclic) bond motifs is 3. The second-order valence-electron chi connectivity index (χ2n) is 8.46. The van der Waals surface area contributed by atoms with Crippen molar-refractivity contribution in [1.82, 2.24) is 14.9 Å². The van der Waals surface area contributed by atoms with Crippen molar-refractivity contribution >= 4 is 12.4 Å². The van der Waals surface area contributed by atoms with E-state index in [0.717, 1.165) is 35.7 Å². The van der Waals surface area contributed by atoms with Crippen LogP contribution in [0.1, 0.15) is 48.3 Å². The third-order valence-corrected chi connectivity index (χ3v) is 6.60. The minimum Gasteiger partial charge on any atom is -0.326 e. The Morgan fingerprint density at radius 1 is 1.17 bits per heavy atom. The van der Waals surface area contributed by atoms with Crippen LogP contribution in [0.25, 0.3) is 11.3 Å². The molecule has 4 heterocycles. The molecule has 3 aliphatic heterocycles. The van der Waals surface area contributed by atoms with Crippen molar-refractivity contribution in [2.75, 3.05) is 13.1 Å². The molecule has 29 heavy (non-hydrogen) atoms. The van der Waals surface area contributed by atoms with Gasteiger partial charge in [-0.05, 0) is 88.2 Å². The molecule has 3 fully saturated rings. The normalized spacial score (nSPS) is 23.9. The third kappa shape index (κ3) is 4.78. The number of nitrogens with zero attached hydrogens (tertiary/aromatic N) is 4. The van der Waals surface area contributed by atoms with E-state index in [0.29, 0.717) is 6.04 Å². The smallest absolute Gasteiger partial charge is 0.232 e. The first-order valence-electron chi connectivity index (χ1n) is 10.4. The first-order valence-corrected chi connectivity index (χ1v) is 10.4. The molecule has 2 aromatic rings. The number of aryl methyl sites for hydroxylation is 3. The molecule has 2 bridgehead atoms. The van der Waals surface area contributed by atoms with E-state index in [1.807, 2.05) is 6.07 Å². The fourth-order valence-corrected chi connectivity index (χ4v) is 4.69. The van der Waals surface area contributed by atoms with E-state index in [9.17, 15) is 5.26 Å². The molecule has 0 spiro atoms. The standard InChI is InChI=1S/C23H29N5.ClH/c1-15-3-4-18(11-16(15)2)21-13-19(26-23(14-24)27-21)5-6-20(25)22-12-17-7-9-28(22)10-8-17;/h3-4,11,13,17,20,22H,5-10,12,25H2,1-2H3;1H/t20?,22-;/m0./s1. The number of hydrogen-bond acceptors (Lipinski definition) is 5. The van der Waals surface area contributed by atoms with Gasteiger partial charge in [0, 0.05) is 23.3 Å². The number of rotatable bonds is 5. The molecule has 3 aliphatic rings. The van der Waals surface area contributed by atoms with Crippen molar-refractivity contribution in [3.8, 4) is 17.3 Å². The van der Waals surface area contributed by atoms with Gasteiger partial charge in [0.25, 0.3) is 0 Å². The summed E-state index contributed by atoms with van der Waals surface area (Å²) in [7, 11) is 0. The Morgan fingerprint density at radius 2 is 1.93 bits per heavy atom. The zero-order chi connectivity index (χ0) is 19.7. The zero-order valence-corrected chi connectivity index (χ0v) is 18.1. The van der Waals surface area contributed by atoms with Gasteiger partial charge >= 0.3 is 0 Å². The summed E-state index contributed by atoms with van der Waals surface area (Å²) < 4.78 is 0. The number of nitriles is 1. The van der Waals surface area contributed by atoms with Crippen LogP contribution in [0.3, 0.4) is 0 Å². The predicted molar refractivity (Wildman–Crippen MR) is 118 cm³/mol. The minimum atomic E-state index is 0. The van der Waals surface area contributed by atoms with Crippen LogP contribution in [-0.2, 0) is 6.42 Å². The molecule has 2 atom stereocenters. The van der Waals surface area contributed by atoms with Crippen LogP contribution in [-0.4, -0.2) is 40.0 Å². The number of nitrogens with two attached hydrogens (primary N) is 1. The van der Waals surface area contributed by atoms with Crippen LogP contribution in [0.15, 0.2) is 24.3 Å². The quantitative estimate of drug-likeness (QED) is 0.809. The van der Waals surface area contributed by atoms with Crippen LogP contribution in [0.4, 0.5) is 0 Å². The van der Waals surface area contributed by atoms with E-state index >= 15 is 0 Å². The Bertz CT molecular complexity index is 899. The summed E-state index contributed by atoms with van der Waals surface area (Å²) in [6.07, 6.45) is 5.58. The highest BCUT2D eigenvalue weighted by molar-refractivity contribution is 5.85. The van der Waals surface area contributed by atoms with Crippen LogP contribution in [0.5, 0.6) is 0 Å². The van der Waals surface area contributed by atoms with Gasteiger partial charge in [0.2, 0.25) is 5.82 Å². The van der Waals surface area contributed by atoms with Gasteiger partial charge in [-0.15, -0.1) is 12.4 Å². The number of benzene rings is 1. The highest BCUT2D eigenvalue weighted by Gasteiger charge is 2.36. The summed E-state index contributed by atoms with van der Waals surface area (Å²) in [5.41, 5.74) is 11.8. The van der Waals surface area contributed by atoms with E-state index in [1.54, 1.807) is 0 Å². The average Bonchev–Trinajstić information content (AvgIpc) is 2.74. The molecule has 0 radical (unpaired) electrons. The monoisotopic (exact) mass is 411 g/mol. The van der Waals surface area contributed by atoms with E-state index < -0.39 is 0 Å². The number of piperidine rings is 3. The molecule has 5 nitrogen and oxygen atoms in total. The van der Waals surface area contributed by atoms with Crippen LogP contribution in [0, 0.1) is 31.1 Å². The average molecular weight is 412 g/mol. The van der Waals surface area contributed by atoms with Gasteiger partial charge in [0.15, 0.2) is 0 Å². The Balaban J connectivity index is 0.00000240. The van der Waals surface area contributed by atoms with Gasteiger partial charge in [-0.2, -0.15) is 5.26 Å². The summed E-state index contributed by atoms with van der Waals surface area (Å²) in [4.78, 5) is 11.4. The van der Waals surface area contributed by atoms with Crippen molar-refractivity contribution in [2.45, 2.75) is 58.0 Å². The summed E-state index contributed by atoms with van der Waals surface area (Å²) in [6.45, 7) is 6.59. The van der Waals surface area contributed by atoms with Gasteiger partial charge in [-0.3, -0.25) is 4.90 Å². The molecule has 0 aliphatic carbocycles. The van der Waals surface area contributed by atoms with Crippen LogP contribution >= 0.6 is 12.4 Å². The Hall–Kier alpha value is -2.00. The molecule has 2 N–H and O–H groups in total. The van der Waals surface area contributed by atoms with Crippen LogP contribution < -0.4 is 5.73 Å². The maximum absolute atomic E-state index is 9.38. The second-order valence-corrected chi connectivity index (χ2v) is 8.46. The third-order valence-electron chi connectivity index (χ3n) is 6.60. The number of halogens is 1. The van der Waals surface area contributed by atoms with Crippen molar-refractivity contribution < 1.29 is 0 Å². The SMILES string of the molecule is Cc1ccc(-c2cc(CCC(N)[C@@H]3CC4CCN3CC4)nc(C#N)n2)cc1C.Cl. The molecular weight excluding hydrogens is 382 g/mol. The van der Waals surface area contributed by atoms with E-state index in [2.05, 4.69) is 53.0 Å². The van der Waals surface area contributed by atoms with E-state index in [-0.39, 0.29) is 24.3 Å². The van der Waals surface area contributed by atoms with Crippen molar-refractivity contribution in [3.63, 3.8) is 0 Å². The van der Waals surface area contributed by atoms with Gasteiger partial charge in [0.1, 0.15) is 6.07 Å². The van der Waals surface area contributed by atoms with Crippen molar-refractivity contribution in [3.05, 3.63) is 46.9 Å². The summed E-state index contributed by atoms with van der Waals surface area (Å²) >= 11 is 0. The fraction of sp³-hybridized carbons (Fsp3) is 0.522. The molecule has 6 heteroatoms. The Kier molecular flexibility index (Phi) is 6.89.